The molecular weight excluding hydrogens is 661 g/mol. The number of piperidine rings is 1. The van der Waals surface area contributed by atoms with E-state index in [-0.39, 0.29) is 36.4 Å². The summed E-state index contributed by atoms with van der Waals surface area (Å²) >= 11 is 12.8. The quantitative estimate of drug-likeness (QED) is 0.243. The van der Waals surface area contributed by atoms with Crippen LogP contribution in [0.2, 0.25) is 10.0 Å². The zero-order valence-electron chi connectivity index (χ0n) is 29.2. The first-order chi connectivity index (χ1) is 23.2. The molecular formula is C38H47Cl2N5O4. The van der Waals surface area contributed by atoms with Gasteiger partial charge >= 0.3 is 6.03 Å². The van der Waals surface area contributed by atoms with E-state index < -0.39 is 11.1 Å². The Balaban J connectivity index is 1.65. The largest absolute Gasteiger partial charge is 0.493 e. The van der Waals surface area contributed by atoms with E-state index in [9.17, 15) is 4.79 Å². The number of amides is 3. The molecule has 5 rings (SSSR count). The minimum atomic E-state index is -1.04. The van der Waals surface area contributed by atoms with Crippen LogP contribution in [0.5, 0.6) is 5.75 Å². The monoisotopic (exact) mass is 707 g/mol. The fourth-order valence-corrected chi connectivity index (χ4v) is 7.11. The molecule has 0 unspecified atom stereocenters. The third-order valence-corrected chi connectivity index (χ3v) is 10.4. The van der Waals surface area contributed by atoms with Crippen LogP contribution in [0.4, 0.5) is 4.79 Å². The van der Waals surface area contributed by atoms with E-state index in [0.717, 1.165) is 16.8 Å². The number of aromatic nitrogens is 1. The minimum absolute atomic E-state index is 0.0866. The molecule has 262 valence electrons. The lowest BCUT2D eigenvalue weighted by atomic mass is 9.71. The Labute approximate surface area is 299 Å². The number of amidine groups is 1. The van der Waals surface area contributed by atoms with Crippen molar-refractivity contribution < 1.29 is 19.4 Å². The number of likely N-dealkylation sites (tertiary alicyclic amines) is 1. The molecule has 1 aromatic heterocycles. The van der Waals surface area contributed by atoms with Gasteiger partial charge in [-0.2, -0.15) is 0 Å². The number of nitrogens with one attached hydrogen (secondary N) is 1. The Morgan fingerprint density at radius 2 is 1.59 bits per heavy atom. The van der Waals surface area contributed by atoms with Crippen LogP contribution < -0.4 is 10.1 Å². The average molecular weight is 709 g/mol. The van der Waals surface area contributed by atoms with Crippen molar-refractivity contribution in [1.82, 2.24) is 20.1 Å². The summed E-state index contributed by atoms with van der Waals surface area (Å²) in [6, 6.07) is 17.0. The van der Waals surface area contributed by atoms with Gasteiger partial charge in [0.05, 0.1) is 18.8 Å². The number of aliphatic imine (C=N–C) groups is 1. The van der Waals surface area contributed by atoms with Crippen molar-refractivity contribution in [3.8, 4) is 5.75 Å². The zero-order chi connectivity index (χ0) is 35.6. The number of pyridine rings is 1. The van der Waals surface area contributed by atoms with Gasteiger partial charge in [-0.3, -0.25) is 19.7 Å². The molecule has 2 aliphatic heterocycles. The fourth-order valence-electron chi connectivity index (χ4n) is 6.86. The van der Waals surface area contributed by atoms with Crippen LogP contribution in [0.3, 0.4) is 0 Å². The Hall–Kier alpha value is -3.66. The van der Waals surface area contributed by atoms with E-state index in [2.05, 4.69) is 33.0 Å². The van der Waals surface area contributed by atoms with E-state index >= 15 is 4.79 Å². The second-order valence-corrected chi connectivity index (χ2v) is 15.0. The van der Waals surface area contributed by atoms with Crippen molar-refractivity contribution in [2.24, 2.45) is 10.9 Å². The van der Waals surface area contributed by atoms with Crippen LogP contribution in [0.25, 0.3) is 0 Å². The van der Waals surface area contributed by atoms with Crippen molar-refractivity contribution in [2.75, 3.05) is 32.8 Å². The van der Waals surface area contributed by atoms with Crippen molar-refractivity contribution in [3.63, 3.8) is 0 Å². The lowest BCUT2D eigenvalue weighted by Gasteiger charge is -2.47. The maximum atomic E-state index is 15.1. The van der Waals surface area contributed by atoms with E-state index in [4.69, 9.17) is 43.0 Å². The highest BCUT2D eigenvalue weighted by Gasteiger charge is 2.60. The first-order valence-corrected chi connectivity index (χ1v) is 17.7. The molecule has 9 nitrogen and oxygen atoms in total. The average Bonchev–Trinajstić information content (AvgIpc) is 3.31. The summed E-state index contributed by atoms with van der Waals surface area (Å²) in [5.74, 6) is 1.11. The lowest BCUT2D eigenvalue weighted by molar-refractivity contribution is -0.122. The second-order valence-electron chi connectivity index (χ2n) is 14.2. The third-order valence-electron chi connectivity index (χ3n) is 9.91. The molecule has 0 spiro atoms. The predicted octanol–water partition coefficient (Wildman–Crippen LogP) is 7.31. The first-order valence-electron chi connectivity index (χ1n) is 16.9. The van der Waals surface area contributed by atoms with Crippen molar-refractivity contribution in [3.05, 3.63) is 93.2 Å². The fraction of sp³-hybridized carbons (Fsp3) is 0.474. The summed E-state index contributed by atoms with van der Waals surface area (Å²) in [6.07, 6.45) is 3.49. The predicted molar refractivity (Wildman–Crippen MR) is 194 cm³/mol. The van der Waals surface area contributed by atoms with Gasteiger partial charge in [0.25, 0.3) is 0 Å². The molecule has 3 aromatic rings. The summed E-state index contributed by atoms with van der Waals surface area (Å²) in [4.78, 5) is 41.6. The molecule has 49 heavy (non-hydrogen) atoms. The van der Waals surface area contributed by atoms with Gasteiger partial charge in [-0.05, 0) is 74.9 Å². The second kappa shape index (κ2) is 14.7. The van der Waals surface area contributed by atoms with Crippen LogP contribution in [-0.4, -0.2) is 70.5 Å². The molecule has 2 atom stereocenters. The van der Waals surface area contributed by atoms with Gasteiger partial charge in [0, 0.05) is 59.5 Å². The number of halogens is 2. The van der Waals surface area contributed by atoms with E-state index in [1.165, 1.54) is 0 Å². The number of carbonyl (C=O) groups excluding carboxylic acids is 2. The van der Waals surface area contributed by atoms with Crippen LogP contribution in [0, 0.1) is 5.92 Å². The van der Waals surface area contributed by atoms with Crippen LogP contribution in [0.1, 0.15) is 83.2 Å². The maximum absolute atomic E-state index is 15.1. The molecule has 0 saturated carbocycles. The van der Waals surface area contributed by atoms with Crippen LogP contribution in [0.15, 0.2) is 65.8 Å². The molecule has 2 N–H and O–H groups in total. The van der Waals surface area contributed by atoms with Gasteiger partial charge in [0.15, 0.2) is 0 Å². The summed E-state index contributed by atoms with van der Waals surface area (Å²) in [7, 11) is 0. The molecule has 1 fully saturated rings. The molecule has 11 heteroatoms. The Bertz CT molecular complexity index is 1680. The molecule has 2 aromatic carbocycles. The number of aliphatic hydroxyl groups excluding tert-OH is 1. The SMILES string of the molecule is CCOc1cc(C(C)(C)C)ncc1C1=N[C@](C)(c2ccc(Cl)cc2)[C@@](C)(c2ccc(Cl)cc2)N1C(=O)N1CCC(CC(=O)NCCO)CC1. The molecule has 3 amide bonds. The van der Waals surface area contributed by atoms with Crippen LogP contribution in [-0.2, 0) is 21.3 Å². The molecule has 2 aliphatic rings. The lowest BCUT2D eigenvalue weighted by Crippen LogP contribution is -2.59. The number of aliphatic hydroxyl groups is 1. The number of rotatable bonds is 9. The standard InChI is InChI=1S/C38H47Cl2N5O4/c1-7-49-31-23-32(36(2,3)4)42-24-30(31)34-43-37(5,26-8-12-28(39)13-9-26)38(6,27-10-14-29(40)15-11-27)45(34)35(48)44-19-16-25(17-20-44)22-33(47)41-18-21-46/h8-15,23-25,46H,7,16-22H2,1-6H3,(H,41,47)/t37-,38-/m1/s1. The molecule has 0 aliphatic carbocycles. The number of hydrogen-bond donors (Lipinski definition) is 2. The first kappa shape index (κ1) is 36.6. The smallest absolute Gasteiger partial charge is 0.326 e. The Morgan fingerprint density at radius 3 is 2.14 bits per heavy atom. The molecule has 0 bridgehead atoms. The molecule has 0 radical (unpaired) electrons. The zero-order valence-corrected chi connectivity index (χ0v) is 30.7. The third kappa shape index (κ3) is 7.30. The van der Waals surface area contributed by atoms with Crippen molar-refractivity contribution in [2.45, 2.75) is 77.3 Å². The molecule has 3 heterocycles. The highest BCUT2D eigenvalue weighted by molar-refractivity contribution is 6.30. The van der Waals surface area contributed by atoms with E-state index in [1.807, 2.05) is 78.2 Å². The Kier molecular flexibility index (Phi) is 11.0. The highest BCUT2D eigenvalue weighted by atomic mass is 35.5. The van der Waals surface area contributed by atoms with Gasteiger partial charge in [-0.25, -0.2) is 4.79 Å². The van der Waals surface area contributed by atoms with Gasteiger partial charge in [0.1, 0.15) is 22.7 Å². The van der Waals surface area contributed by atoms with Crippen molar-refractivity contribution in [1.29, 1.82) is 0 Å². The van der Waals surface area contributed by atoms with Gasteiger partial charge in [-0.15, -0.1) is 0 Å². The van der Waals surface area contributed by atoms with Gasteiger partial charge in [0.2, 0.25) is 5.91 Å². The number of urea groups is 1. The van der Waals surface area contributed by atoms with Crippen molar-refractivity contribution >= 4 is 41.0 Å². The summed E-state index contributed by atoms with van der Waals surface area (Å²) < 4.78 is 6.26. The normalized spacial score (nSPS) is 21.4. The Morgan fingerprint density at radius 1 is 1.00 bits per heavy atom. The minimum Gasteiger partial charge on any atom is -0.493 e. The number of benzene rings is 2. The molecule has 1 saturated heterocycles. The van der Waals surface area contributed by atoms with Crippen LogP contribution >= 0.6 is 23.2 Å². The number of hydrogen-bond acceptors (Lipinski definition) is 6. The summed E-state index contributed by atoms with van der Waals surface area (Å²) in [5, 5.41) is 13.0. The topological polar surface area (TPSA) is 107 Å². The number of carbonyl (C=O) groups is 2. The number of ether oxygens (including phenoxy) is 1. The summed E-state index contributed by atoms with van der Waals surface area (Å²) in [5.41, 5.74) is 0.975. The highest BCUT2D eigenvalue weighted by Crippen LogP contribution is 2.54. The number of nitrogens with zero attached hydrogens (tertiary/aromatic N) is 4. The van der Waals surface area contributed by atoms with E-state index in [0.29, 0.717) is 66.2 Å². The van der Waals surface area contributed by atoms with Gasteiger partial charge < -0.3 is 20.1 Å². The van der Waals surface area contributed by atoms with E-state index in [1.54, 1.807) is 6.20 Å². The summed E-state index contributed by atoms with van der Waals surface area (Å²) in [6.45, 7) is 13.9. The maximum Gasteiger partial charge on any atom is 0.326 e. The van der Waals surface area contributed by atoms with Gasteiger partial charge in [-0.1, -0.05) is 68.2 Å².